The van der Waals surface area contributed by atoms with Crippen LogP contribution in [-0.2, 0) is 20.5 Å². The van der Waals surface area contributed by atoms with Crippen LogP contribution in [0.25, 0.3) is 0 Å². The second kappa shape index (κ2) is 12.7. The molecular formula is C32H41N3O2S. The summed E-state index contributed by atoms with van der Waals surface area (Å²) < 4.78 is 0. The van der Waals surface area contributed by atoms with Gasteiger partial charge >= 0.3 is 0 Å². The minimum Gasteiger partial charge on any atom is -0.355 e. The molecule has 0 bridgehead atoms. The Balaban J connectivity index is 1.22. The number of carbonyl (C=O) groups is 2. The summed E-state index contributed by atoms with van der Waals surface area (Å²) in [5.41, 5.74) is 2.06. The number of nitrogens with zero attached hydrogens (tertiary/aromatic N) is 1. The number of nitrogens with one attached hydrogen (secondary N) is 2. The Morgan fingerprint density at radius 2 is 1.47 bits per heavy atom. The van der Waals surface area contributed by atoms with Crippen molar-refractivity contribution >= 4 is 23.2 Å². The Kier molecular flexibility index (Phi) is 9.40. The number of rotatable bonds is 11. The van der Waals surface area contributed by atoms with Gasteiger partial charge in [0.25, 0.3) is 0 Å². The first-order chi connectivity index (χ1) is 18.3. The normalized spacial score (nSPS) is 19.7. The van der Waals surface area contributed by atoms with Gasteiger partial charge in [-0.3, -0.25) is 14.5 Å². The zero-order chi connectivity index (χ0) is 27.0. The van der Waals surface area contributed by atoms with Crippen molar-refractivity contribution in [3.8, 4) is 0 Å². The zero-order valence-electron chi connectivity index (χ0n) is 22.9. The molecule has 2 amide bonds. The third kappa shape index (κ3) is 6.54. The molecule has 3 aromatic rings. The van der Waals surface area contributed by atoms with Gasteiger partial charge in [0.15, 0.2) is 0 Å². The molecule has 1 aliphatic carbocycles. The predicted molar refractivity (Wildman–Crippen MR) is 156 cm³/mol. The first kappa shape index (κ1) is 28.1. The highest BCUT2D eigenvalue weighted by molar-refractivity contribution is 7.10. The van der Waals surface area contributed by atoms with E-state index in [1.165, 1.54) is 4.88 Å². The Bertz CT molecular complexity index is 1110. The van der Waals surface area contributed by atoms with Crippen molar-refractivity contribution in [1.82, 2.24) is 15.5 Å². The Morgan fingerprint density at radius 3 is 2.00 bits per heavy atom. The lowest BCUT2D eigenvalue weighted by Crippen LogP contribution is -2.48. The van der Waals surface area contributed by atoms with E-state index in [9.17, 15) is 9.59 Å². The lowest BCUT2D eigenvalue weighted by Gasteiger charge is -2.44. The fraction of sp³-hybridized carbons (Fsp3) is 0.438. The van der Waals surface area contributed by atoms with Gasteiger partial charge in [-0.1, -0.05) is 66.7 Å². The Hall–Kier alpha value is -2.96. The summed E-state index contributed by atoms with van der Waals surface area (Å²) in [5.74, 6) is 0.0370. The molecule has 0 radical (unpaired) electrons. The number of hydrogen-bond acceptors (Lipinski definition) is 4. The Morgan fingerprint density at radius 1 is 0.895 bits per heavy atom. The van der Waals surface area contributed by atoms with Crippen molar-refractivity contribution in [2.75, 3.05) is 20.6 Å². The van der Waals surface area contributed by atoms with Gasteiger partial charge in [-0.2, -0.15) is 0 Å². The molecule has 2 N–H and O–H groups in total. The lowest BCUT2D eigenvalue weighted by molar-refractivity contribution is -0.123. The van der Waals surface area contributed by atoms with E-state index in [0.717, 1.165) is 36.8 Å². The second-order valence-electron chi connectivity index (χ2n) is 10.9. The van der Waals surface area contributed by atoms with E-state index in [0.29, 0.717) is 25.8 Å². The predicted octanol–water partition coefficient (Wildman–Crippen LogP) is 5.86. The molecule has 38 heavy (non-hydrogen) atoms. The fourth-order valence-electron chi connectivity index (χ4n) is 5.75. The molecule has 1 heterocycles. The molecule has 1 aliphatic rings. The SMILES string of the molecule is CN(C)C1(c2cccs2)CCC(NC(=O)CCCC(=O)NCC(C)(c2ccccc2)c2ccccc2)CC1. The van der Waals surface area contributed by atoms with Gasteiger partial charge in [0, 0.05) is 35.7 Å². The summed E-state index contributed by atoms with van der Waals surface area (Å²) in [5, 5.41) is 8.51. The number of amides is 2. The number of carbonyl (C=O) groups excluding carboxylic acids is 2. The van der Waals surface area contributed by atoms with Crippen molar-refractivity contribution in [3.05, 3.63) is 94.2 Å². The first-order valence-corrected chi connectivity index (χ1v) is 14.6. The summed E-state index contributed by atoms with van der Waals surface area (Å²) in [6.45, 7) is 2.67. The third-order valence-electron chi connectivity index (χ3n) is 8.28. The highest BCUT2D eigenvalue weighted by atomic mass is 32.1. The summed E-state index contributed by atoms with van der Waals surface area (Å²) in [6, 6.07) is 25.2. The van der Waals surface area contributed by atoms with Gasteiger partial charge in [0.1, 0.15) is 0 Å². The van der Waals surface area contributed by atoms with Gasteiger partial charge in [0.05, 0.1) is 5.54 Å². The van der Waals surface area contributed by atoms with Crippen LogP contribution in [0.1, 0.15) is 67.9 Å². The van der Waals surface area contributed by atoms with E-state index in [2.05, 4.69) is 78.3 Å². The van der Waals surface area contributed by atoms with Crippen molar-refractivity contribution in [3.63, 3.8) is 0 Å². The molecule has 4 rings (SSSR count). The van der Waals surface area contributed by atoms with Gasteiger partial charge < -0.3 is 10.6 Å². The monoisotopic (exact) mass is 531 g/mol. The summed E-state index contributed by atoms with van der Waals surface area (Å²) in [6.07, 6.45) is 5.29. The van der Waals surface area contributed by atoms with E-state index in [1.54, 1.807) is 0 Å². The summed E-state index contributed by atoms with van der Waals surface area (Å²) in [4.78, 5) is 29.1. The topological polar surface area (TPSA) is 61.4 Å². The largest absolute Gasteiger partial charge is 0.355 e. The average molecular weight is 532 g/mol. The van der Waals surface area contributed by atoms with E-state index in [4.69, 9.17) is 0 Å². The molecule has 1 saturated carbocycles. The van der Waals surface area contributed by atoms with Crippen LogP contribution in [0.4, 0.5) is 0 Å². The molecular weight excluding hydrogens is 490 g/mol. The lowest BCUT2D eigenvalue weighted by atomic mass is 9.76. The van der Waals surface area contributed by atoms with Crippen LogP contribution >= 0.6 is 11.3 Å². The molecule has 1 aromatic heterocycles. The van der Waals surface area contributed by atoms with Gasteiger partial charge in [-0.25, -0.2) is 0 Å². The Labute approximate surface area is 231 Å². The molecule has 0 unspecified atom stereocenters. The summed E-state index contributed by atoms with van der Waals surface area (Å²) >= 11 is 1.82. The molecule has 5 nitrogen and oxygen atoms in total. The van der Waals surface area contributed by atoms with Gasteiger partial charge in [-0.05, 0) is 75.7 Å². The molecule has 2 aromatic carbocycles. The minimum absolute atomic E-state index is 0.0136. The number of thiophene rings is 1. The maximum atomic E-state index is 12.7. The van der Waals surface area contributed by atoms with Crippen LogP contribution in [0.2, 0.25) is 0 Å². The van der Waals surface area contributed by atoms with Crippen LogP contribution in [0, 0.1) is 0 Å². The van der Waals surface area contributed by atoms with Crippen LogP contribution in [0.3, 0.4) is 0 Å². The average Bonchev–Trinajstić information content (AvgIpc) is 3.49. The van der Waals surface area contributed by atoms with E-state index in [-0.39, 0.29) is 28.8 Å². The van der Waals surface area contributed by atoms with Gasteiger partial charge in [-0.15, -0.1) is 11.3 Å². The van der Waals surface area contributed by atoms with Crippen molar-refractivity contribution in [2.24, 2.45) is 0 Å². The maximum Gasteiger partial charge on any atom is 0.220 e. The van der Waals surface area contributed by atoms with Crippen LogP contribution < -0.4 is 10.6 Å². The maximum absolute atomic E-state index is 12.7. The first-order valence-electron chi connectivity index (χ1n) is 13.7. The molecule has 0 saturated heterocycles. The molecule has 1 fully saturated rings. The highest BCUT2D eigenvalue weighted by Crippen LogP contribution is 2.43. The van der Waals surface area contributed by atoms with Crippen molar-refractivity contribution < 1.29 is 9.59 Å². The zero-order valence-corrected chi connectivity index (χ0v) is 23.7. The van der Waals surface area contributed by atoms with E-state index >= 15 is 0 Å². The number of hydrogen-bond donors (Lipinski definition) is 2. The molecule has 6 heteroatoms. The second-order valence-corrected chi connectivity index (χ2v) is 11.9. The van der Waals surface area contributed by atoms with E-state index in [1.807, 2.05) is 47.7 Å². The van der Waals surface area contributed by atoms with Crippen LogP contribution in [0.5, 0.6) is 0 Å². The van der Waals surface area contributed by atoms with Gasteiger partial charge in [0.2, 0.25) is 11.8 Å². The molecule has 0 atom stereocenters. The fourth-order valence-corrected chi connectivity index (χ4v) is 6.82. The molecule has 202 valence electrons. The minimum atomic E-state index is -0.332. The molecule has 0 spiro atoms. The number of benzene rings is 2. The molecule has 0 aliphatic heterocycles. The highest BCUT2D eigenvalue weighted by Gasteiger charge is 2.39. The third-order valence-corrected chi connectivity index (χ3v) is 9.35. The quantitative estimate of drug-likeness (QED) is 0.326. The standard InChI is InChI=1S/C32H41N3O2S/c1-31(25-12-6-4-7-13-25,26-14-8-5-9-15-26)24-33-29(36)17-10-18-30(37)34-27-19-21-32(22-20-27,35(2)3)28-16-11-23-38-28/h4-9,11-16,23,27H,10,17-22,24H2,1-3H3,(H,33,36)(H,34,37). The van der Waals surface area contributed by atoms with Crippen molar-refractivity contribution in [2.45, 2.75) is 68.9 Å². The summed E-state index contributed by atoms with van der Waals surface area (Å²) in [7, 11) is 4.32. The van der Waals surface area contributed by atoms with E-state index < -0.39 is 0 Å². The van der Waals surface area contributed by atoms with Crippen LogP contribution in [0.15, 0.2) is 78.2 Å². The smallest absolute Gasteiger partial charge is 0.220 e. The van der Waals surface area contributed by atoms with Crippen LogP contribution in [-0.4, -0.2) is 43.4 Å². The van der Waals surface area contributed by atoms with Crippen molar-refractivity contribution in [1.29, 1.82) is 0 Å².